The van der Waals surface area contributed by atoms with Crippen LogP contribution in [0.15, 0.2) is 18.2 Å². The van der Waals surface area contributed by atoms with Crippen LogP contribution < -0.4 is 4.90 Å². The van der Waals surface area contributed by atoms with E-state index in [1.807, 2.05) is 18.7 Å². The van der Waals surface area contributed by atoms with Crippen molar-refractivity contribution in [2.45, 2.75) is 45.3 Å². The number of hydrogen-bond acceptors (Lipinski definition) is 5. The lowest BCUT2D eigenvalue weighted by Gasteiger charge is -2.25. The van der Waals surface area contributed by atoms with Gasteiger partial charge in [0.15, 0.2) is 11.6 Å². The summed E-state index contributed by atoms with van der Waals surface area (Å²) in [7, 11) is 0. The number of hydrogen-bond donors (Lipinski definition) is 1. The maximum Gasteiger partial charge on any atom is 0.246 e. The number of halogens is 2. The summed E-state index contributed by atoms with van der Waals surface area (Å²) in [6.07, 6.45) is 1.31. The van der Waals surface area contributed by atoms with Crippen molar-refractivity contribution in [3.05, 3.63) is 46.8 Å². The highest BCUT2D eigenvalue weighted by molar-refractivity contribution is 5.40. The van der Waals surface area contributed by atoms with Gasteiger partial charge in [0.1, 0.15) is 0 Å². The zero-order valence-electron chi connectivity index (χ0n) is 13.7. The van der Waals surface area contributed by atoms with Crippen LogP contribution in [0.2, 0.25) is 0 Å². The maximum absolute atomic E-state index is 13.6. The van der Waals surface area contributed by atoms with Gasteiger partial charge in [-0.25, -0.2) is 13.8 Å². The zero-order valence-corrected chi connectivity index (χ0v) is 13.7. The average molecular weight is 334 g/mol. The predicted octanol–water partition coefficient (Wildman–Crippen LogP) is 2.59. The maximum atomic E-state index is 13.6. The van der Waals surface area contributed by atoms with E-state index in [0.29, 0.717) is 24.5 Å². The van der Waals surface area contributed by atoms with Gasteiger partial charge in [-0.3, -0.25) is 0 Å². The van der Waals surface area contributed by atoms with E-state index in [4.69, 9.17) is 0 Å². The number of benzene rings is 1. The number of anilines is 1. The molecule has 1 fully saturated rings. The van der Waals surface area contributed by atoms with Gasteiger partial charge in [0.05, 0.1) is 23.5 Å². The highest BCUT2D eigenvalue weighted by Crippen LogP contribution is 2.35. The van der Waals surface area contributed by atoms with E-state index in [1.165, 1.54) is 12.1 Å². The minimum absolute atomic E-state index is 0.311. The summed E-state index contributed by atoms with van der Waals surface area (Å²) in [5.74, 6) is -1.37. The van der Waals surface area contributed by atoms with Gasteiger partial charge in [0.2, 0.25) is 5.95 Å². The van der Waals surface area contributed by atoms with E-state index in [9.17, 15) is 13.9 Å². The third-order valence-corrected chi connectivity index (χ3v) is 4.36. The fourth-order valence-electron chi connectivity index (χ4n) is 3.12. The molecule has 2 heterocycles. The Morgan fingerprint density at radius 1 is 1.12 bits per heavy atom. The number of aliphatic hydroxyl groups is 1. The Bertz CT molecular complexity index is 741. The van der Waals surface area contributed by atoms with Crippen LogP contribution >= 0.6 is 0 Å². The van der Waals surface area contributed by atoms with Gasteiger partial charge in [-0.2, -0.15) is 5.10 Å². The molecule has 1 aromatic heterocycles. The Hall–Kier alpha value is -2.15. The van der Waals surface area contributed by atoms with E-state index < -0.39 is 17.7 Å². The normalized spacial score (nSPS) is 20.6. The summed E-state index contributed by atoms with van der Waals surface area (Å²) in [4.78, 5) is 6.38. The van der Waals surface area contributed by atoms with Crippen LogP contribution in [-0.4, -0.2) is 32.9 Å². The Balaban J connectivity index is 1.97. The molecule has 1 aliphatic heterocycles. The summed E-state index contributed by atoms with van der Waals surface area (Å²) in [6, 6.07) is 3.49. The molecular formula is C17H20F2N4O. The van der Waals surface area contributed by atoms with Gasteiger partial charge in [-0.1, -0.05) is 19.9 Å². The van der Waals surface area contributed by atoms with E-state index >= 15 is 0 Å². The first-order valence-electron chi connectivity index (χ1n) is 8.15. The average Bonchev–Trinajstić information content (AvgIpc) is 2.98. The van der Waals surface area contributed by atoms with Crippen LogP contribution in [0.4, 0.5) is 14.7 Å². The van der Waals surface area contributed by atoms with E-state index in [-0.39, 0.29) is 6.04 Å². The Morgan fingerprint density at radius 2 is 1.88 bits per heavy atom. The molecule has 24 heavy (non-hydrogen) atoms. The van der Waals surface area contributed by atoms with E-state index in [2.05, 4.69) is 15.2 Å². The lowest BCUT2D eigenvalue weighted by molar-refractivity contribution is 0.194. The fraction of sp³-hybridized carbons (Fsp3) is 0.471. The van der Waals surface area contributed by atoms with Crippen molar-refractivity contribution in [2.75, 3.05) is 11.4 Å². The molecule has 7 heteroatoms. The number of aliphatic hydroxyl groups excluding tert-OH is 1. The smallest absolute Gasteiger partial charge is 0.246 e. The molecular weight excluding hydrogens is 314 g/mol. The molecule has 1 aromatic carbocycles. The third-order valence-electron chi connectivity index (χ3n) is 4.36. The summed E-state index contributed by atoms with van der Waals surface area (Å²) in [6.45, 7) is 4.33. The highest BCUT2D eigenvalue weighted by Gasteiger charge is 2.34. The summed E-state index contributed by atoms with van der Waals surface area (Å²) >= 11 is 0. The molecule has 1 saturated heterocycles. The molecule has 0 saturated carbocycles. The molecule has 2 atom stereocenters. The molecule has 0 spiro atoms. The van der Waals surface area contributed by atoms with Crippen LogP contribution in [0.5, 0.6) is 0 Å². The van der Waals surface area contributed by atoms with Crippen molar-refractivity contribution in [3.8, 4) is 0 Å². The third kappa shape index (κ3) is 3.08. The molecule has 0 amide bonds. The second-order valence-electron chi connectivity index (χ2n) is 5.94. The number of nitrogens with zero attached hydrogens (tertiary/aromatic N) is 4. The molecule has 0 bridgehead atoms. The zero-order chi connectivity index (χ0) is 17.3. The van der Waals surface area contributed by atoms with Gasteiger partial charge in [-0.05, 0) is 37.0 Å². The lowest BCUT2D eigenvalue weighted by atomic mass is 10.0. The number of rotatable bonds is 4. The molecule has 3 rings (SSSR count). The quantitative estimate of drug-likeness (QED) is 0.931. The van der Waals surface area contributed by atoms with Gasteiger partial charge >= 0.3 is 0 Å². The molecule has 5 nitrogen and oxygen atoms in total. The summed E-state index contributed by atoms with van der Waals surface area (Å²) in [5.41, 5.74) is 2.31. The molecule has 0 aliphatic carbocycles. The largest absolute Gasteiger partial charge is 0.391 e. The molecule has 1 N–H and O–H groups in total. The van der Waals surface area contributed by atoms with Crippen molar-refractivity contribution in [3.63, 3.8) is 0 Å². The minimum atomic E-state index is -0.900. The predicted molar refractivity (Wildman–Crippen MR) is 85.7 cm³/mol. The Morgan fingerprint density at radius 3 is 2.54 bits per heavy atom. The van der Waals surface area contributed by atoms with Gasteiger partial charge in [0.25, 0.3) is 0 Å². The van der Waals surface area contributed by atoms with Gasteiger partial charge in [-0.15, -0.1) is 5.10 Å². The number of aryl methyl sites for hydroxylation is 2. The molecule has 1 aliphatic rings. The summed E-state index contributed by atoms with van der Waals surface area (Å²) < 4.78 is 26.8. The topological polar surface area (TPSA) is 62.1 Å². The lowest BCUT2D eigenvalue weighted by Crippen LogP contribution is -2.27. The second-order valence-corrected chi connectivity index (χ2v) is 5.94. The first-order chi connectivity index (χ1) is 11.5. The Kier molecular flexibility index (Phi) is 4.71. The first-order valence-corrected chi connectivity index (χ1v) is 8.15. The monoisotopic (exact) mass is 334 g/mol. The molecule has 128 valence electrons. The first kappa shape index (κ1) is 16.7. The van der Waals surface area contributed by atoms with Gasteiger partial charge in [0, 0.05) is 6.54 Å². The van der Waals surface area contributed by atoms with Crippen molar-refractivity contribution in [1.29, 1.82) is 0 Å². The number of β-amino-alcohol motifs (C(OH)–C–C–N with tert-alkyl or cyclic N) is 1. The van der Waals surface area contributed by atoms with Crippen LogP contribution in [0, 0.1) is 11.6 Å². The molecule has 0 unspecified atom stereocenters. The number of aromatic nitrogens is 3. The van der Waals surface area contributed by atoms with Crippen molar-refractivity contribution < 1.29 is 13.9 Å². The molecule has 2 aromatic rings. The van der Waals surface area contributed by atoms with E-state index in [1.54, 1.807) is 0 Å². The SMILES string of the molecule is CCc1nnc(N2C[C@@H](O)C[C@@H]2c2ccc(F)c(F)c2)nc1CC. The second kappa shape index (κ2) is 6.76. The van der Waals surface area contributed by atoms with Crippen LogP contribution in [0.3, 0.4) is 0 Å². The Labute approximate surface area is 139 Å². The van der Waals surface area contributed by atoms with E-state index in [0.717, 1.165) is 30.3 Å². The van der Waals surface area contributed by atoms with Crippen LogP contribution in [0.25, 0.3) is 0 Å². The minimum Gasteiger partial charge on any atom is -0.391 e. The van der Waals surface area contributed by atoms with Gasteiger partial charge < -0.3 is 10.0 Å². The fourth-order valence-corrected chi connectivity index (χ4v) is 3.12. The standard InChI is InChI=1S/C17H20F2N4O/c1-3-14-15(4-2)21-22-17(20-14)23-9-11(24)8-16(23)10-5-6-12(18)13(19)7-10/h5-7,11,16,24H,3-4,8-9H2,1-2H3/t11-,16+/m0/s1. The van der Waals surface area contributed by atoms with Crippen molar-refractivity contribution in [1.82, 2.24) is 15.2 Å². The summed E-state index contributed by atoms with van der Waals surface area (Å²) in [5, 5.41) is 18.5. The van der Waals surface area contributed by atoms with Crippen molar-refractivity contribution in [2.24, 2.45) is 0 Å². The molecule has 0 radical (unpaired) electrons. The van der Waals surface area contributed by atoms with Crippen molar-refractivity contribution >= 4 is 5.95 Å². The van der Waals surface area contributed by atoms with Crippen LogP contribution in [0.1, 0.15) is 43.3 Å². The van der Waals surface area contributed by atoms with Crippen LogP contribution in [-0.2, 0) is 12.8 Å². The highest BCUT2D eigenvalue weighted by atomic mass is 19.2.